The van der Waals surface area contributed by atoms with E-state index in [0.29, 0.717) is 17.0 Å². The fourth-order valence-electron chi connectivity index (χ4n) is 1.20. The Labute approximate surface area is 91.8 Å². The topological polar surface area (TPSA) is 43.1 Å². The van der Waals surface area contributed by atoms with E-state index >= 15 is 0 Å². The summed E-state index contributed by atoms with van der Waals surface area (Å²) in [4.78, 5) is 10.2. The van der Waals surface area contributed by atoms with Crippen LogP contribution in [-0.2, 0) is 6.42 Å². The second-order valence-electron chi connectivity index (χ2n) is 3.02. The molecule has 0 aliphatic carbocycles. The summed E-state index contributed by atoms with van der Waals surface area (Å²) in [5.41, 5.74) is 0.645. The summed E-state index contributed by atoms with van der Waals surface area (Å²) in [6.45, 7) is 1.78. The van der Waals surface area contributed by atoms with Gasteiger partial charge in [0.25, 0.3) is 5.69 Å². The van der Waals surface area contributed by atoms with E-state index in [2.05, 4.69) is 0 Å². The number of alkyl halides is 1. The quantitative estimate of drug-likeness (QED) is 0.456. The van der Waals surface area contributed by atoms with Gasteiger partial charge in [0.1, 0.15) is 0 Å². The van der Waals surface area contributed by atoms with Crippen LogP contribution in [0.4, 0.5) is 5.69 Å². The van der Waals surface area contributed by atoms with E-state index < -0.39 is 4.92 Å². The molecule has 1 atom stereocenters. The van der Waals surface area contributed by atoms with E-state index in [0.717, 1.165) is 0 Å². The molecule has 0 aliphatic rings. The lowest BCUT2D eigenvalue weighted by Crippen LogP contribution is -2.01. The molecule has 0 aliphatic heterocycles. The van der Waals surface area contributed by atoms with Crippen LogP contribution in [0.5, 0.6) is 0 Å². The minimum Gasteiger partial charge on any atom is -0.258 e. The first-order valence-corrected chi connectivity index (χ1v) is 4.89. The molecule has 0 spiro atoms. The van der Waals surface area contributed by atoms with Gasteiger partial charge < -0.3 is 0 Å². The third-order valence-electron chi connectivity index (χ3n) is 1.74. The summed E-state index contributed by atoms with van der Waals surface area (Å²) in [5, 5.41) is 11.0. The molecule has 0 amide bonds. The minimum absolute atomic E-state index is 0.0712. The van der Waals surface area contributed by atoms with Gasteiger partial charge in [-0.2, -0.15) is 0 Å². The fraction of sp³-hybridized carbons (Fsp3) is 0.333. The number of rotatable bonds is 3. The summed E-state index contributed by atoms with van der Waals surface area (Å²) in [7, 11) is 0. The Morgan fingerprint density at radius 2 is 2.21 bits per heavy atom. The first-order valence-electron chi connectivity index (χ1n) is 4.07. The second kappa shape index (κ2) is 4.62. The van der Waals surface area contributed by atoms with E-state index in [9.17, 15) is 10.1 Å². The zero-order chi connectivity index (χ0) is 10.7. The fourth-order valence-corrected chi connectivity index (χ4v) is 1.56. The smallest absolute Gasteiger partial charge is 0.258 e. The maximum Gasteiger partial charge on any atom is 0.272 e. The molecule has 0 fully saturated rings. The largest absolute Gasteiger partial charge is 0.272 e. The summed E-state index contributed by atoms with van der Waals surface area (Å²) in [6.07, 6.45) is 0.443. The van der Waals surface area contributed by atoms with Crippen LogP contribution in [0, 0.1) is 10.1 Å². The lowest BCUT2D eigenvalue weighted by molar-refractivity contribution is -0.385. The number of nitrogens with zero attached hydrogens (tertiary/aromatic N) is 1. The van der Waals surface area contributed by atoms with E-state index in [1.807, 2.05) is 0 Å². The summed E-state index contributed by atoms with van der Waals surface area (Å²) >= 11 is 11.5. The highest BCUT2D eigenvalue weighted by molar-refractivity contribution is 6.30. The molecule has 1 aromatic carbocycles. The van der Waals surface area contributed by atoms with E-state index in [4.69, 9.17) is 23.2 Å². The maximum absolute atomic E-state index is 10.6. The molecule has 76 valence electrons. The third-order valence-corrected chi connectivity index (χ3v) is 2.13. The molecule has 1 unspecified atom stereocenters. The molecular formula is C9H9Cl2NO2. The summed E-state index contributed by atoms with van der Waals surface area (Å²) < 4.78 is 0. The Hall–Kier alpha value is -0.800. The van der Waals surface area contributed by atoms with Crippen molar-refractivity contribution in [1.82, 2.24) is 0 Å². The first kappa shape index (κ1) is 11.3. The molecular weight excluding hydrogens is 225 g/mol. The predicted molar refractivity (Wildman–Crippen MR) is 57.1 cm³/mol. The van der Waals surface area contributed by atoms with Gasteiger partial charge in [-0.15, -0.1) is 11.6 Å². The number of hydrogen-bond acceptors (Lipinski definition) is 2. The van der Waals surface area contributed by atoms with Crippen molar-refractivity contribution in [3.63, 3.8) is 0 Å². The SMILES string of the molecule is CC(Cl)Cc1cc(Cl)ccc1[N+](=O)[O-]. The highest BCUT2D eigenvalue weighted by Gasteiger charge is 2.15. The van der Waals surface area contributed by atoms with Crippen LogP contribution in [-0.4, -0.2) is 10.3 Å². The van der Waals surface area contributed by atoms with Gasteiger partial charge in [0.2, 0.25) is 0 Å². The Morgan fingerprint density at radius 1 is 1.57 bits per heavy atom. The number of nitro benzene ring substituents is 1. The lowest BCUT2D eigenvalue weighted by atomic mass is 10.1. The number of benzene rings is 1. The van der Waals surface area contributed by atoms with Crippen molar-refractivity contribution in [2.24, 2.45) is 0 Å². The Morgan fingerprint density at radius 3 is 2.71 bits per heavy atom. The van der Waals surface area contributed by atoms with Gasteiger partial charge >= 0.3 is 0 Å². The standard InChI is InChI=1S/C9H9Cl2NO2/c1-6(10)4-7-5-8(11)2-3-9(7)12(13)14/h2-3,5-6H,4H2,1H3. The zero-order valence-corrected chi connectivity index (χ0v) is 9.05. The normalized spacial score (nSPS) is 12.5. The Bertz CT molecular complexity index is 353. The molecule has 0 aromatic heterocycles. The van der Waals surface area contributed by atoms with E-state index in [-0.39, 0.29) is 11.1 Å². The molecule has 1 rings (SSSR count). The monoisotopic (exact) mass is 233 g/mol. The average molecular weight is 234 g/mol. The average Bonchev–Trinajstić information content (AvgIpc) is 2.01. The number of hydrogen-bond donors (Lipinski definition) is 0. The summed E-state index contributed by atoms with van der Waals surface area (Å²) in [5.74, 6) is 0. The third kappa shape index (κ3) is 2.86. The van der Waals surface area contributed by atoms with Gasteiger partial charge in [-0.05, 0) is 25.5 Å². The molecule has 0 bridgehead atoms. The van der Waals surface area contributed by atoms with Crippen molar-refractivity contribution in [2.75, 3.05) is 0 Å². The van der Waals surface area contributed by atoms with Crippen molar-refractivity contribution in [3.05, 3.63) is 38.9 Å². The van der Waals surface area contributed by atoms with Gasteiger partial charge in [-0.25, -0.2) is 0 Å². The maximum atomic E-state index is 10.6. The predicted octanol–water partition coefficient (Wildman–Crippen LogP) is 3.42. The highest BCUT2D eigenvalue weighted by atomic mass is 35.5. The van der Waals surface area contributed by atoms with Crippen molar-refractivity contribution in [1.29, 1.82) is 0 Å². The van der Waals surface area contributed by atoms with Crippen molar-refractivity contribution < 1.29 is 4.92 Å². The Balaban J connectivity index is 3.09. The molecule has 0 N–H and O–H groups in total. The number of nitro groups is 1. The number of halogens is 2. The second-order valence-corrected chi connectivity index (χ2v) is 4.20. The van der Waals surface area contributed by atoms with Crippen molar-refractivity contribution in [3.8, 4) is 0 Å². The first-order chi connectivity index (χ1) is 6.50. The van der Waals surface area contributed by atoms with Crippen LogP contribution >= 0.6 is 23.2 Å². The molecule has 1 aromatic rings. The van der Waals surface area contributed by atoms with Gasteiger partial charge in [-0.3, -0.25) is 10.1 Å². The Kier molecular flexibility index (Phi) is 3.72. The van der Waals surface area contributed by atoms with Gasteiger partial charge in [-0.1, -0.05) is 11.6 Å². The molecule has 0 radical (unpaired) electrons. The van der Waals surface area contributed by atoms with Gasteiger partial charge in [0.05, 0.1) is 4.92 Å². The lowest BCUT2D eigenvalue weighted by Gasteiger charge is -2.04. The van der Waals surface area contributed by atoms with Crippen LogP contribution in [0.15, 0.2) is 18.2 Å². The van der Waals surface area contributed by atoms with Crippen LogP contribution in [0.25, 0.3) is 0 Å². The van der Waals surface area contributed by atoms with E-state index in [1.165, 1.54) is 12.1 Å². The molecule has 0 heterocycles. The summed E-state index contributed by atoms with van der Waals surface area (Å²) in [6, 6.07) is 4.48. The van der Waals surface area contributed by atoms with Crippen LogP contribution in [0.3, 0.4) is 0 Å². The van der Waals surface area contributed by atoms with Crippen molar-refractivity contribution >= 4 is 28.9 Å². The van der Waals surface area contributed by atoms with Crippen molar-refractivity contribution in [2.45, 2.75) is 18.7 Å². The highest BCUT2D eigenvalue weighted by Crippen LogP contribution is 2.24. The van der Waals surface area contributed by atoms with E-state index in [1.54, 1.807) is 13.0 Å². The van der Waals surface area contributed by atoms with Gasteiger partial charge in [0, 0.05) is 22.0 Å². The van der Waals surface area contributed by atoms with Gasteiger partial charge in [0.15, 0.2) is 0 Å². The molecule has 3 nitrogen and oxygen atoms in total. The van der Waals surface area contributed by atoms with Crippen LogP contribution in [0.1, 0.15) is 12.5 Å². The minimum atomic E-state index is -0.426. The van der Waals surface area contributed by atoms with Crippen LogP contribution in [0.2, 0.25) is 5.02 Å². The molecule has 5 heteroatoms. The molecule has 0 saturated carbocycles. The van der Waals surface area contributed by atoms with Crippen LogP contribution < -0.4 is 0 Å². The molecule has 0 saturated heterocycles. The molecule has 14 heavy (non-hydrogen) atoms. The zero-order valence-electron chi connectivity index (χ0n) is 7.54.